The summed E-state index contributed by atoms with van der Waals surface area (Å²) in [5.74, 6) is -2.25. The molecule has 3 aromatic rings. The van der Waals surface area contributed by atoms with Crippen LogP contribution in [0.15, 0.2) is 5.70 Å². The molecule has 0 spiro atoms. The molecule has 3 aromatic heterocycles. The zero-order valence-corrected chi connectivity index (χ0v) is 27.0. The first-order chi connectivity index (χ1) is 20.7. The van der Waals surface area contributed by atoms with Crippen LogP contribution in [-0.2, 0) is 46.3 Å². The predicted octanol–water partition coefficient (Wildman–Crippen LogP) is 2.05. The van der Waals surface area contributed by atoms with Gasteiger partial charge in [0.05, 0.1) is 5.92 Å². The molecule has 1 aliphatic rings. The summed E-state index contributed by atoms with van der Waals surface area (Å²) in [6, 6.07) is 0. The topological polar surface area (TPSA) is 174 Å². The number of aliphatic carboxylic acids is 2. The Morgan fingerprint density at radius 1 is 0.864 bits per heavy atom. The first kappa shape index (κ1) is 32.8. The Labute approximate surface area is 261 Å². The first-order valence-corrected chi connectivity index (χ1v) is 15.5. The molecule has 236 valence electrons. The van der Waals surface area contributed by atoms with E-state index in [-0.39, 0.29) is 54.6 Å². The highest BCUT2D eigenvalue weighted by Gasteiger charge is 2.40. The van der Waals surface area contributed by atoms with E-state index in [4.69, 9.17) is 0 Å². The molecule has 1 aliphatic heterocycles. The van der Waals surface area contributed by atoms with Crippen molar-refractivity contribution in [1.29, 1.82) is 0 Å². The van der Waals surface area contributed by atoms with Crippen molar-refractivity contribution in [3.63, 3.8) is 0 Å². The molecule has 0 bridgehead atoms. The van der Waals surface area contributed by atoms with Gasteiger partial charge in [0.15, 0.2) is 0 Å². The Hall–Kier alpha value is -4.12. The van der Waals surface area contributed by atoms with Crippen LogP contribution in [0.3, 0.4) is 0 Å². The molecule has 0 aliphatic carbocycles. The summed E-state index contributed by atoms with van der Waals surface area (Å²) in [7, 11) is 0. The maximum Gasteiger partial charge on any atom is 0.303 e. The van der Waals surface area contributed by atoms with Gasteiger partial charge in [-0.1, -0.05) is 13.8 Å². The molecule has 3 atom stereocenters. The number of amides is 1. The zero-order chi connectivity index (χ0) is 32.5. The monoisotopic (exact) mass is 622 g/mol. The molecule has 11 heteroatoms. The van der Waals surface area contributed by atoms with Gasteiger partial charge in [0.1, 0.15) is 5.25 Å². The highest BCUT2D eigenvalue weighted by atomic mass is 32.1. The van der Waals surface area contributed by atoms with E-state index in [2.05, 4.69) is 32.9 Å². The van der Waals surface area contributed by atoms with Crippen LogP contribution in [0, 0.1) is 32.6 Å². The van der Waals surface area contributed by atoms with Crippen LogP contribution in [-0.4, -0.2) is 48.3 Å². The van der Waals surface area contributed by atoms with Gasteiger partial charge >= 0.3 is 11.9 Å². The molecular formula is C33H42N4O6S. The Balaban J connectivity index is 1.92. The standard InChI is InChI=1S/C33H42N4O6S/c1-7-20-15(2)25(36-33(20)43)12-23-16(3)21(8-10-29(38)39)26(34-23)14-27-22(9-11-30(40)41)17(4)24(35-27)13-28-31(19(6)44)18(5)32(42)37-28/h12-14,18-19,31,34-36,43-44H,7-11H2,1-6H3,(H,37,42)(H,38,39)(H,40,41)/b23-12+,26-14-,28-13-/t18-,19-,31+/m1/s1. The Morgan fingerprint density at radius 3 is 2.00 bits per heavy atom. The molecule has 4 rings (SSSR count). The van der Waals surface area contributed by atoms with Crippen molar-refractivity contribution in [1.82, 2.24) is 20.3 Å². The van der Waals surface area contributed by atoms with E-state index >= 15 is 0 Å². The van der Waals surface area contributed by atoms with Gasteiger partial charge in [0, 0.05) is 52.2 Å². The van der Waals surface area contributed by atoms with Crippen LogP contribution in [0.5, 0.6) is 5.88 Å². The summed E-state index contributed by atoms with van der Waals surface area (Å²) in [6.07, 6.45) is 6.73. The average Bonchev–Trinajstić information content (AvgIpc) is 3.59. The van der Waals surface area contributed by atoms with Gasteiger partial charge in [0.25, 0.3) is 0 Å². The number of hydrogen-bond acceptors (Lipinski definition) is 4. The number of hydrogen-bond donors (Lipinski definition) is 6. The van der Waals surface area contributed by atoms with Gasteiger partial charge in [-0.2, -0.15) is 0 Å². The maximum atomic E-state index is 12.5. The lowest BCUT2D eigenvalue weighted by Crippen LogP contribution is -2.21. The van der Waals surface area contributed by atoms with Crippen molar-refractivity contribution >= 4 is 48.7 Å². The van der Waals surface area contributed by atoms with E-state index in [1.807, 2.05) is 59.8 Å². The molecule has 1 fully saturated rings. The minimum Gasteiger partial charge on any atom is -0.860 e. The Morgan fingerprint density at radius 2 is 1.43 bits per heavy atom. The molecule has 4 heterocycles. The van der Waals surface area contributed by atoms with Gasteiger partial charge < -0.3 is 35.6 Å². The number of aromatic amines is 3. The second kappa shape index (κ2) is 13.3. The fourth-order valence-electron chi connectivity index (χ4n) is 6.25. The fraction of sp³-hybridized carbons (Fsp3) is 0.424. The molecule has 44 heavy (non-hydrogen) atoms. The van der Waals surface area contributed by atoms with Crippen molar-refractivity contribution < 1.29 is 29.7 Å². The van der Waals surface area contributed by atoms with Crippen LogP contribution < -0.4 is 21.1 Å². The number of carbonyl (C=O) groups is 3. The highest BCUT2D eigenvalue weighted by Crippen LogP contribution is 2.32. The quantitative estimate of drug-likeness (QED) is 0.179. The molecule has 0 aromatic carbocycles. The van der Waals surface area contributed by atoms with Gasteiger partial charge in [-0.3, -0.25) is 14.4 Å². The lowest BCUT2D eigenvalue weighted by Gasteiger charge is -2.13. The second-order valence-electron chi connectivity index (χ2n) is 11.7. The van der Waals surface area contributed by atoms with Crippen LogP contribution in [0.25, 0.3) is 18.2 Å². The van der Waals surface area contributed by atoms with Crippen molar-refractivity contribution in [2.75, 3.05) is 0 Å². The summed E-state index contributed by atoms with van der Waals surface area (Å²) >= 11 is 3.70. The maximum absolute atomic E-state index is 12.5. The van der Waals surface area contributed by atoms with Crippen molar-refractivity contribution in [2.45, 2.75) is 78.9 Å². The lowest BCUT2D eigenvalue weighted by atomic mass is 9.91. The Kier molecular flexibility index (Phi) is 9.88. The SMILES string of the molecule is CCc1c([O-])[nH]c(/C=c2/[nH]/c(=C\c3[nH]c(/C=C4\NC(=O)[C@H](C)[C@H]4[C@@H](C)[SH2+])c(C)c3CCC(=O)O)c(CCC(=O)O)c2C)c1C. The van der Waals surface area contributed by atoms with E-state index in [0.29, 0.717) is 23.2 Å². The fourth-order valence-corrected chi connectivity index (χ4v) is 6.71. The predicted molar refractivity (Wildman–Crippen MR) is 172 cm³/mol. The van der Waals surface area contributed by atoms with E-state index in [1.165, 1.54) is 0 Å². The van der Waals surface area contributed by atoms with E-state index in [1.54, 1.807) is 0 Å². The van der Waals surface area contributed by atoms with Crippen molar-refractivity contribution in [3.8, 4) is 5.88 Å². The van der Waals surface area contributed by atoms with Crippen LogP contribution in [0.2, 0.25) is 0 Å². The molecule has 0 radical (unpaired) electrons. The smallest absolute Gasteiger partial charge is 0.303 e. The largest absolute Gasteiger partial charge is 0.860 e. The third-order valence-corrected chi connectivity index (χ3v) is 9.17. The molecular weight excluding hydrogens is 580 g/mol. The molecule has 0 saturated carbocycles. The number of nitrogens with one attached hydrogen (secondary N) is 4. The number of rotatable bonds is 11. The summed E-state index contributed by atoms with van der Waals surface area (Å²) in [4.78, 5) is 45.4. The molecule has 0 unspecified atom stereocenters. The lowest BCUT2D eigenvalue weighted by molar-refractivity contribution is -0.275. The minimum absolute atomic E-state index is 0.0466. The summed E-state index contributed by atoms with van der Waals surface area (Å²) in [5, 5.41) is 35.8. The molecule has 6 N–H and O–H groups in total. The highest BCUT2D eigenvalue weighted by molar-refractivity contribution is 7.59. The number of aromatic nitrogens is 3. The van der Waals surface area contributed by atoms with E-state index < -0.39 is 11.9 Å². The minimum atomic E-state index is -0.916. The summed E-state index contributed by atoms with van der Waals surface area (Å²) in [6.45, 7) is 11.6. The zero-order valence-electron chi connectivity index (χ0n) is 26.0. The first-order valence-electron chi connectivity index (χ1n) is 14.9. The molecule has 1 amide bonds. The molecule has 1 saturated heterocycles. The second-order valence-corrected chi connectivity index (χ2v) is 12.6. The van der Waals surface area contributed by atoms with E-state index in [0.717, 1.165) is 50.1 Å². The Bertz CT molecular complexity index is 1760. The number of allylic oxidation sites excluding steroid dienone is 1. The van der Waals surface area contributed by atoms with Gasteiger partial charge in [-0.15, -0.1) is 0 Å². The number of H-pyrrole nitrogens is 3. The normalized spacial score (nSPS) is 19.2. The van der Waals surface area contributed by atoms with Gasteiger partial charge in [0.2, 0.25) is 5.91 Å². The van der Waals surface area contributed by atoms with Crippen LogP contribution in [0.1, 0.15) is 84.1 Å². The third kappa shape index (κ3) is 6.67. The van der Waals surface area contributed by atoms with Gasteiger partial charge in [-0.25, -0.2) is 0 Å². The van der Waals surface area contributed by atoms with E-state index in [9.17, 15) is 29.7 Å². The summed E-state index contributed by atoms with van der Waals surface area (Å²) in [5.41, 5.74) is 7.94. The molecule has 10 nitrogen and oxygen atoms in total. The summed E-state index contributed by atoms with van der Waals surface area (Å²) < 4.78 is 0. The third-order valence-electron chi connectivity index (χ3n) is 8.81. The number of carboxylic acids is 2. The van der Waals surface area contributed by atoms with Crippen molar-refractivity contribution in [3.05, 3.63) is 66.9 Å². The van der Waals surface area contributed by atoms with Gasteiger partial charge in [-0.05, 0) is 117 Å². The van der Waals surface area contributed by atoms with Crippen LogP contribution >= 0.6 is 0 Å². The van der Waals surface area contributed by atoms with Crippen LogP contribution in [0.4, 0.5) is 0 Å². The average molecular weight is 623 g/mol. The van der Waals surface area contributed by atoms with Crippen molar-refractivity contribution in [2.24, 2.45) is 11.8 Å². The number of carboxylic acid groups (broad SMARTS) is 2. The number of carbonyl (C=O) groups excluding carboxylic acids is 1.